The smallest absolute Gasteiger partial charge is 0.0693 e. The Morgan fingerprint density at radius 2 is 2.00 bits per heavy atom. The molecule has 0 saturated heterocycles. The third kappa shape index (κ3) is 2.21. The zero-order chi connectivity index (χ0) is 11.9. The van der Waals surface area contributed by atoms with E-state index in [0.29, 0.717) is 0 Å². The highest BCUT2D eigenvalue weighted by atomic mass is 15.2. The van der Waals surface area contributed by atoms with Gasteiger partial charge in [0.15, 0.2) is 0 Å². The average Bonchev–Trinajstić information content (AvgIpc) is 2.55. The van der Waals surface area contributed by atoms with Crippen LogP contribution in [-0.4, -0.2) is 25.5 Å². The van der Waals surface area contributed by atoms with Crippen molar-refractivity contribution in [3.63, 3.8) is 0 Å². The van der Waals surface area contributed by atoms with Gasteiger partial charge in [-0.05, 0) is 24.3 Å². The highest BCUT2D eigenvalue weighted by molar-refractivity contribution is 6.21. The van der Waals surface area contributed by atoms with E-state index in [9.17, 15) is 0 Å². The molecule has 2 unspecified atom stereocenters. The zero-order valence-electron chi connectivity index (χ0n) is 10.4. The maximum absolute atomic E-state index is 6.00. The maximum Gasteiger partial charge on any atom is 0.0693 e. The van der Waals surface area contributed by atoms with E-state index in [2.05, 4.69) is 25.1 Å². The van der Waals surface area contributed by atoms with Gasteiger partial charge in [-0.25, -0.2) is 0 Å². The number of aryl methyl sites for hydroxylation is 2. The highest BCUT2D eigenvalue weighted by Gasteiger charge is 2.37. The lowest BCUT2D eigenvalue weighted by Gasteiger charge is -2.23. The second-order valence-electron chi connectivity index (χ2n) is 5.66. The summed E-state index contributed by atoms with van der Waals surface area (Å²) in [6.45, 7) is 4.38. The summed E-state index contributed by atoms with van der Waals surface area (Å²) in [6, 6.07) is 0. The minimum absolute atomic E-state index is 0.147. The molecule has 4 radical (unpaired) electrons. The van der Waals surface area contributed by atoms with Crippen molar-refractivity contribution in [3.05, 3.63) is 17.5 Å². The molecule has 2 rings (SSSR count). The van der Waals surface area contributed by atoms with Gasteiger partial charge in [-0.3, -0.25) is 4.68 Å². The van der Waals surface area contributed by atoms with Crippen LogP contribution >= 0.6 is 0 Å². The topological polar surface area (TPSA) is 17.8 Å². The number of aromatic nitrogens is 2. The fourth-order valence-electron chi connectivity index (χ4n) is 2.90. The first-order valence-electron chi connectivity index (χ1n) is 5.90. The van der Waals surface area contributed by atoms with Crippen LogP contribution in [0.15, 0.2) is 6.20 Å². The van der Waals surface area contributed by atoms with Crippen molar-refractivity contribution in [2.75, 3.05) is 0 Å². The average molecular weight is 212 g/mol. The second-order valence-corrected chi connectivity index (χ2v) is 5.66. The van der Waals surface area contributed by atoms with E-state index in [4.69, 9.17) is 15.7 Å². The standard InChI is InChI=1S/C12H18B2N2/c1-8-7-16(3)15-11(8)6-12(2)4-9(13)10(14)5-12/h7,9-10H,4-6H2,1-3H3. The fourth-order valence-corrected chi connectivity index (χ4v) is 2.90. The molecule has 0 spiro atoms. The fraction of sp³-hybridized carbons (Fsp3) is 0.750. The largest absolute Gasteiger partial charge is 0.275 e. The molecule has 4 heteroatoms. The van der Waals surface area contributed by atoms with Gasteiger partial charge < -0.3 is 0 Å². The summed E-state index contributed by atoms with van der Waals surface area (Å²) in [5, 5.41) is 4.50. The van der Waals surface area contributed by atoms with Crippen molar-refractivity contribution in [2.24, 2.45) is 12.5 Å². The summed E-state index contributed by atoms with van der Waals surface area (Å²) in [5.74, 6) is 0.294. The lowest BCUT2D eigenvalue weighted by atomic mass is 9.69. The normalized spacial score (nSPS) is 34.4. The van der Waals surface area contributed by atoms with E-state index in [1.54, 1.807) is 0 Å². The van der Waals surface area contributed by atoms with Gasteiger partial charge in [-0.2, -0.15) is 5.10 Å². The quantitative estimate of drug-likeness (QED) is 0.685. The molecule has 82 valence electrons. The lowest BCUT2D eigenvalue weighted by molar-refractivity contribution is 0.329. The Hall–Kier alpha value is -0.660. The van der Waals surface area contributed by atoms with Gasteiger partial charge >= 0.3 is 0 Å². The third-order valence-corrected chi connectivity index (χ3v) is 3.72. The van der Waals surface area contributed by atoms with Crippen molar-refractivity contribution in [3.8, 4) is 0 Å². The van der Waals surface area contributed by atoms with Crippen LogP contribution in [0.1, 0.15) is 31.0 Å². The van der Waals surface area contributed by atoms with Crippen LogP contribution in [-0.2, 0) is 13.5 Å². The number of hydrogen-bond donors (Lipinski definition) is 0. The van der Waals surface area contributed by atoms with E-state index in [-0.39, 0.29) is 17.0 Å². The first kappa shape index (κ1) is 11.8. The lowest BCUT2D eigenvalue weighted by Crippen LogP contribution is -2.16. The molecule has 1 fully saturated rings. The van der Waals surface area contributed by atoms with Gasteiger partial charge in [0.25, 0.3) is 0 Å². The van der Waals surface area contributed by atoms with Crippen molar-refractivity contribution >= 4 is 15.7 Å². The van der Waals surface area contributed by atoms with Gasteiger partial charge in [-0.15, -0.1) is 0 Å². The number of nitrogens with zero attached hydrogens (tertiary/aromatic N) is 2. The number of hydrogen-bond acceptors (Lipinski definition) is 1. The summed E-state index contributed by atoms with van der Waals surface area (Å²) in [6.07, 6.45) is 5.06. The molecule has 1 heterocycles. The Balaban J connectivity index is 2.13. The van der Waals surface area contributed by atoms with Crippen LogP contribution in [0.3, 0.4) is 0 Å². The van der Waals surface area contributed by atoms with E-state index in [0.717, 1.165) is 19.3 Å². The van der Waals surface area contributed by atoms with E-state index >= 15 is 0 Å². The van der Waals surface area contributed by atoms with Gasteiger partial charge in [0.05, 0.1) is 21.4 Å². The Labute approximate surface area is 101 Å². The van der Waals surface area contributed by atoms with Gasteiger partial charge in [-0.1, -0.05) is 31.4 Å². The van der Waals surface area contributed by atoms with Crippen molar-refractivity contribution in [1.82, 2.24) is 9.78 Å². The Bertz CT molecular complexity index is 376. The molecular weight excluding hydrogens is 194 g/mol. The third-order valence-electron chi connectivity index (χ3n) is 3.72. The van der Waals surface area contributed by atoms with Gasteiger partial charge in [0, 0.05) is 13.2 Å². The number of rotatable bonds is 2. The molecule has 2 nitrogen and oxygen atoms in total. The van der Waals surface area contributed by atoms with E-state index < -0.39 is 0 Å². The summed E-state index contributed by atoms with van der Waals surface area (Å²) in [7, 11) is 14.0. The summed E-state index contributed by atoms with van der Waals surface area (Å²) < 4.78 is 1.88. The molecular formula is C12H18B2N2. The predicted molar refractivity (Wildman–Crippen MR) is 68.0 cm³/mol. The van der Waals surface area contributed by atoms with Crippen LogP contribution in [0.25, 0.3) is 0 Å². The molecule has 0 aliphatic heterocycles. The molecule has 1 aromatic heterocycles. The monoisotopic (exact) mass is 212 g/mol. The minimum Gasteiger partial charge on any atom is -0.275 e. The van der Waals surface area contributed by atoms with Crippen molar-refractivity contribution < 1.29 is 0 Å². The highest BCUT2D eigenvalue weighted by Crippen LogP contribution is 2.50. The predicted octanol–water partition coefficient (Wildman–Crippen LogP) is 1.99. The Morgan fingerprint density at radius 1 is 1.44 bits per heavy atom. The molecule has 1 aliphatic rings. The summed E-state index contributed by atoms with van der Waals surface area (Å²) in [5.41, 5.74) is 2.67. The van der Waals surface area contributed by atoms with Crippen molar-refractivity contribution in [1.29, 1.82) is 0 Å². The molecule has 2 atom stereocenters. The van der Waals surface area contributed by atoms with Gasteiger partial charge in [0.1, 0.15) is 0 Å². The Morgan fingerprint density at radius 3 is 2.44 bits per heavy atom. The summed E-state index contributed by atoms with van der Waals surface area (Å²) >= 11 is 0. The van der Waals surface area contributed by atoms with Crippen LogP contribution in [0.4, 0.5) is 0 Å². The van der Waals surface area contributed by atoms with Gasteiger partial charge in [0.2, 0.25) is 0 Å². The first-order chi connectivity index (χ1) is 7.39. The molecule has 0 amide bonds. The molecule has 16 heavy (non-hydrogen) atoms. The molecule has 0 bridgehead atoms. The zero-order valence-corrected chi connectivity index (χ0v) is 10.4. The van der Waals surface area contributed by atoms with E-state index in [1.807, 2.05) is 11.7 Å². The second kappa shape index (κ2) is 3.97. The molecule has 1 aromatic rings. The van der Waals surface area contributed by atoms with Crippen LogP contribution in [0, 0.1) is 12.3 Å². The van der Waals surface area contributed by atoms with E-state index in [1.165, 1.54) is 11.3 Å². The maximum atomic E-state index is 6.00. The molecule has 0 N–H and O–H groups in total. The Kier molecular flexibility index (Phi) is 2.93. The van der Waals surface area contributed by atoms with Crippen LogP contribution in [0.5, 0.6) is 0 Å². The molecule has 0 aromatic carbocycles. The SMILES string of the molecule is [B]C1CC(C)(Cc2nn(C)cc2C)CC1[B]. The minimum atomic E-state index is 0.147. The molecule has 1 aliphatic carbocycles. The summed E-state index contributed by atoms with van der Waals surface area (Å²) in [4.78, 5) is 0. The first-order valence-corrected chi connectivity index (χ1v) is 5.90. The van der Waals surface area contributed by atoms with Crippen molar-refractivity contribution in [2.45, 2.75) is 44.7 Å². The van der Waals surface area contributed by atoms with Crippen LogP contribution in [0.2, 0.25) is 11.6 Å². The van der Waals surface area contributed by atoms with Crippen LogP contribution < -0.4 is 0 Å². The molecule has 1 saturated carbocycles.